The number of carbonyl (C=O) groups is 2. The van der Waals surface area contributed by atoms with Crippen LogP contribution in [-0.2, 0) is 24.4 Å². The molecule has 0 fully saturated rings. The summed E-state index contributed by atoms with van der Waals surface area (Å²) in [4.78, 5) is 25.5. The van der Waals surface area contributed by atoms with Crippen LogP contribution in [0.5, 0.6) is 0 Å². The Hall–Kier alpha value is 0.130. The Balaban J connectivity index is 0.00000289. The number of rotatable bonds is 4. The van der Waals surface area contributed by atoms with Gasteiger partial charge in [-0.15, -0.1) is 0 Å². The zero-order valence-electron chi connectivity index (χ0n) is 8.40. The number of thioether (sulfide) groups is 1. The van der Waals surface area contributed by atoms with Crippen LogP contribution in [-0.4, -0.2) is 90.5 Å². The van der Waals surface area contributed by atoms with Gasteiger partial charge in [0.2, 0.25) is 0 Å². The van der Waals surface area contributed by atoms with Crippen LogP contribution in [0.25, 0.3) is 0 Å². The van der Waals surface area contributed by atoms with E-state index in [2.05, 4.69) is 9.73 Å². The molecule has 0 aromatic carbocycles. The average Bonchev–Trinajstić information content (AvgIpc) is 2.64. The van der Waals surface area contributed by atoms with Crippen LogP contribution >= 0.6 is 11.8 Å². The van der Waals surface area contributed by atoms with Crippen molar-refractivity contribution in [3.05, 3.63) is 0 Å². The fourth-order valence-electron chi connectivity index (χ4n) is 0.998. The average molecular weight is 325 g/mol. The number of ether oxygens (including phenoxy) is 1. The van der Waals surface area contributed by atoms with Crippen LogP contribution < -0.4 is 0 Å². The Labute approximate surface area is 137 Å². The molecule has 1 heterocycles. The predicted octanol–water partition coefficient (Wildman–Crippen LogP) is -1.55. The fourth-order valence-corrected chi connectivity index (χ4v) is 2.32. The molecule has 1 atom stereocenters. The maximum absolute atomic E-state index is 11.4. The molecular weight excluding hydrogens is 314 g/mol. The molecular formula is C7H11CaNO7S2. The van der Waals surface area contributed by atoms with E-state index in [1.807, 2.05) is 0 Å². The molecule has 1 unspecified atom stereocenters. The van der Waals surface area contributed by atoms with Gasteiger partial charge in [0.15, 0.2) is 5.25 Å². The number of hydrogen-bond acceptors (Lipinski definition) is 7. The van der Waals surface area contributed by atoms with E-state index >= 15 is 0 Å². The molecule has 0 radical (unpaired) electrons. The van der Waals surface area contributed by atoms with Crippen molar-refractivity contribution in [2.24, 2.45) is 4.99 Å². The van der Waals surface area contributed by atoms with Crippen LogP contribution in [0.3, 0.4) is 0 Å². The van der Waals surface area contributed by atoms with Crippen LogP contribution in [0.1, 0.15) is 6.42 Å². The van der Waals surface area contributed by atoms with Crippen LogP contribution in [0, 0.1) is 0 Å². The molecule has 11 heteroatoms. The van der Waals surface area contributed by atoms with E-state index in [0.29, 0.717) is 12.3 Å². The first-order valence-corrected chi connectivity index (χ1v) is 6.86. The quantitative estimate of drug-likeness (QED) is 0.361. The first-order valence-electron chi connectivity index (χ1n) is 4.37. The van der Waals surface area contributed by atoms with Gasteiger partial charge in [0.1, 0.15) is 0 Å². The number of carboxylic acid groups (broad SMARTS) is 1. The molecule has 1 aliphatic heterocycles. The number of aliphatic imine (C=N–C) groups is 1. The van der Waals surface area contributed by atoms with E-state index in [1.165, 1.54) is 0 Å². The third-order valence-electron chi connectivity index (χ3n) is 1.73. The molecule has 0 spiro atoms. The first kappa shape index (κ1) is 18.1. The molecule has 1 aliphatic rings. The second kappa shape index (κ2) is 7.65. The van der Waals surface area contributed by atoms with Gasteiger partial charge in [-0.2, -0.15) is 8.42 Å². The molecule has 2 N–H and O–H groups in total. The molecule has 0 saturated carbocycles. The number of carboxylic acids is 1. The van der Waals surface area contributed by atoms with Crippen LogP contribution in [0.15, 0.2) is 4.99 Å². The summed E-state index contributed by atoms with van der Waals surface area (Å²) >= 11 is 1.10. The molecule has 1 rings (SSSR count). The summed E-state index contributed by atoms with van der Waals surface area (Å²) in [5.41, 5.74) is 0. The molecule has 18 heavy (non-hydrogen) atoms. The summed E-state index contributed by atoms with van der Waals surface area (Å²) in [5, 5.41) is 6.28. The standard InChI is InChI=1S/C7H9NO7S2.Ca.2H/c9-5(10)3-4(17(12,13)14)6(11)15-7-8-1-2-16-7;;;/h4H,1-3H2,(H,9,10)(H,12,13,14);;;. The number of hydrogen-bond donors (Lipinski definition) is 2. The zero-order valence-corrected chi connectivity index (χ0v) is 10.0. The van der Waals surface area contributed by atoms with E-state index in [9.17, 15) is 18.0 Å². The minimum absolute atomic E-state index is 0. The third-order valence-corrected chi connectivity index (χ3v) is 3.65. The Bertz CT molecular complexity index is 460. The molecule has 0 aromatic heterocycles. The van der Waals surface area contributed by atoms with Crippen molar-refractivity contribution in [1.29, 1.82) is 0 Å². The van der Waals surface area contributed by atoms with Gasteiger partial charge < -0.3 is 9.84 Å². The number of esters is 1. The van der Waals surface area contributed by atoms with E-state index in [-0.39, 0.29) is 43.0 Å². The topological polar surface area (TPSA) is 130 Å². The summed E-state index contributed by atoms with van der Waals surface area (Å²) in [7, 11) is -4.82. The number of aliphatic carboxylic acids is 1. The van der Waals surface area contributed by atoms with E-state index in [4.69, 9.17) is 9.66 Å². The minimum atomic E-state index is -4.82. The maximum atomic E-state index is 11.4. The SMILES string of the molecule is O=C(O)CC(C(=O)OC1=NCCS1)S(=O)(=O)O.[CaH2]. The van der Waals surface area contributed by atoms with Gasteiger partial charge in [0, 0.05) is 5.75 Å². The van der Waals surface area contributed by atoms with Crippen molar-refractivity contribution in [2.45, 2.75) is 11.7 Å². The van der Waals surface area contributed by atoms with Gasteiger partial charge in [0.25, 0.3) is 15.3 Å². The second-order valence-corrected chi connectivity index (χ2v) is 5.66. The number of nitrogens with zero attached hydrogens (tertiary/aromatic N) is 1. The summed E-state index contributed by atoms with van der Waals surface area (Å²) < 4.78 is 35.0. The van der Waals surface area contributed by atoms with Crippen molar-refractivity contribution in [3.8, 4) is 0 Å². The van der Waals surface area contributed by atoms with E-state index < -0.39 is 33.7 Å². The Morgan fingerprint density at radius 2 is 2.11 bits per heavy atom. The van der Waals surface area contributed by atoms with Crippen LogP contribution in [0.4, 0.5) is 0 Å². The Kier molecular flexibility index (Phi) is 7.71. The molecule has 0 aromatic rings. The van der Waals surface area contributed by atoms with Crippen LogP contribution in [0.2, 0.25) is 0 Å². The molecule has 0 amide bonds. The normalized spacial score (nSPS) is 16.4. The van der Waals surface area contributed by atoms with Gasteiger partial charge in [-0.25, -0.2) is 4.99 Å². The summed E-state index contributed by atoms with van der Waals surface area (Å²) in [6, 6.07) is 0. The van der Waals surface area contributed by atoms with Crippen molar-refractivity contribution in [1.82, 2.24) is 0 Å². The summed E-state index contributed by atoms with van der Waals surface area (Å²) in [5.74, 6) is -2.29. The van der Waals surface area contributed by atoms with Gasteiger partial charge in [-0.05, 0) is 0 Å². The van der Waals surface area contributed by atoms with E-state index in [1.54, 1.807) is 0 Å². The Morgan fingerprint density at radius 3 is 2.50 bits per heavy atom. The van der Waals surface area contributed by atoms with Crippen molar-refractivity contribution < 1.29 is 32.4 Å². The molecule has 0 aliphatic carbocycles. The molecule has 100 valence electrons. The fraction of sp³-hybridized carbons (Fsp3) is 0.571. The van der Waals surface area contributed by atoms with E-state index in [0.717, 1.165) is 11.8 Å². The second-order valence-electron chi connectivity index (χ2n) is 3.02. The van der Waals surface area contributed by atoms with Crippen molar-refractivity contribution in [2.75, 3.05) is 12.3 Å². The van der Waals surface area contributed by atoms with Gasteiger partial charge in [-0.1, -0.05) is 11.8 Å². The molecule has 8 nitrogen and oxygen atoms in total. The van der Waals surface area contributed by atoms with Crippen molar-refractivity contribution >= 4 is 76.8 Å². The summed E-state index contributed by atoms with van der Waals surface area (Å²) in [6.07, 6.45) is -1.06. The van der Waals surface area contributed by atoms with Crippen molar-refractivity contribution in [3.63, 3.8) is 0 Å². The third kappa shape index (κ3) is 5.85. The number of carbonyl (C=O) groups excluding carboxylic acids is 1. The predicted molar refractivity (Wildman–Crippen MR) is 67.0 cm³/mol. The summed E-state index contributed by atoms with van der Waals surface area (Å²) in [6.45, 7) is 0.433. The van der Waals surface area contributed by atoms with Gasteiger partial charge in [-0.3, -0.25) is 14.1 Å². The van der Waals surface area contributed by atoms with Gasteiger partial charge >= 0.3 is 49.7 Å². The Morgan fingerprint density at radius 1 is 1.50 bits per heavy atom. The zero-order chi connectivity index (χ0) is 13.1. The molecule has 0 bridgehead atoms. The molecule has 0 saturated heterocycles. The monoisotopic (exact) mass is 325 g/mol. The van der Waals surface area contributed by atoms with Gasteiger partial charge in [0.05, 0.1) is 13.0 Å². The first-order chi connectivity index (χ1) is 7.80.